The number of carbonyl (C=O) groups is 2. The molecule has 1 N–H and O–H groups in total. The number of nitrogens with one attached hydrogen (secondary N) is 1. The van der Waals surface area contributed by atoms with Gasteiger partial charge in [-0.25, -0.2) is 4.79 Å². The Morgan fingerprint density at radius 1 is 0.963 bits per heavy atom. The summed E-state index contributed by atoms with van der Waals surface area (Å²) >= 11 is 0. The van der Waals surface area contributed by atoms with Crippen LogP contribution in [0, 0.1) is 0 Å². The Morgan fingerprint density at radius 3 is 2.37 bits per heavy atom. The van der Waals surface area contributed by atoms with Gasteiger partial charge in [0.05, 0.1) is 7.11 Å². The molecule has 2 aromatic carbocycles. The molecule has 3 amide bonds. The lowest BCUT2D eigenvalue weighted by atomic mass is 10.1. The summed E-state index contributed by atoms with van der Waals surface area (Å²) in [7, 11) is 1.64. The van der Waals surface area contributed by atoms with Crippen molar-refractivity contribution in [3.8, 4) is 5.75 Å². The van der Waals surface area contributed by atoms with Crippen molar-refractivity contribution in [2.75, 3.05) is 38.6 Å². The number of rotatable bonds is 5. The highest BCUT2D eigenvalue weighted by Crippen LogP contribution is 2.15. The predicted molar refractivity (Wildman–Crippen MR) is 105 cm³/mol. The van der Waals surface area contributed by atoms with Crippen molar-refractivity contribution in [2.45, 2.75) is 12.8 Å². The molecule has 6 nitrogen and oxygen atoms in total. The molecule has 3 rings (SSSR count). The van der Waals surface area contributed by atoms with E-state index < -0.39 is 0 Å². The van der Waals surface area contributed by atoms with Crippen LogP contribution in [0.3, 0.4) is 0 Å². The maximum Gasteiger partial charge on any atom is 0.321 e. The van der Waals surface area contributed by atoms with Crippen LogP contribution in [0.15, 0.2) is 54.6 Å². The van der Waals surface area contributed by atoms with Gasteiger partial charge in [0, 0.05) is 38.3 Å². The number of urea groups is 1. The lowest BCUT2D eigenvalue weighted by molar-refractivity contribution is -0.132. The first-order valence-electron chi connectivity index (χ1n) is 9.17. The van der Waals surface area contributed by atoms with Crippen LogP contribution in [0.25, 0.3) is 0 Å². The van der Waals surface area contributed by atoms with E-state index in [1.165, 1.54) is 0 Å². The van der Waals surface area contributed by atoms with Gasteiger partial charge in [-0.05, 0) is 36.2 Å². The van der Waals surface area contributed by atoms with Crippen molar-refractivity contribution in [3.05, 3.63) is 60.2 Å². The fourth-order valence-corrected chi connectivity index (χ4v) is 3.12. The molecule has 0 unspecified atom stereocenters. The van der Waals surface area contributed by atoms with E-state index in [0.29, 0.717) is 39.0 Å². The van der Waals surface area contributed by atoms with Crippen LogP contribution in [0.1, 0.15) is 12.0 Å². The molecule has 1 heterocycles. The Kier molecular flexibility index (Phi) is 6.30. The summed E-state index contributed by atoms with van der Waals surface area (Å²) in [5.41, 5.74) is 1.86. The van der Waals surface area contributed by atoms with Gasteiger partial charge in [0.1, 0.15) is 5.75 Å². The molecule has 27 heavy (non-hydrogen) atoms. The van der Waals surface area contributed by atoms with Crippen LogP contribution < -0.4 is 10.1 Å². The second-order valence-corrected chi connectivity index (χ2v) is 6.52. The number of para-hydroxylation sites is 1. The first-order chi connectivity index (χ1) is 13.2. The quantitative estimate of drug-likeness (QED) is 0.884. The molecule has 0 bridgehead atoms. The van der Waals surface area contributed by atoms with Crippen molar-refractivity contribution in [3.63, 3.8) is 0 Å². The summed E-state index contributed by atoms with van der Waals surface area (Å²) in [6.07, 6.45) is 1.15. The molecule has 1 aliphatic heterocycles. The summed E-state index contributed by atoms with van der Waals surface area (Å²) in [5, 5.41) is 2.88. The second kappa shape index (κ2) is 9.07. The highest BCUT2D eigenvalue weighted by atomic mass is 16.5. The van der Waals surface area contributed by atoms with Gasteiger partial charge in [-0.3, -0.25) is 4.79 Å². The number of nitrogens with zero attached hydrogens (tertiary/aromatic N) is 2. The van der Waals surface area contributed by atoms with Crippen LogP contribution in [0.4, 0.5) is 10.5 Å². The Hall–Kier alpha value is -3.02. The summed E-state index contributed by atoms with van der Waals surface area (Å²) < 4.78 is 5.22. The van der Waals surface area contributed by atoms with Crippen molar-refractivity contribution in [1.82, 2.24) is 9.80 Å². The number of methoxy groups -OCH3 is 1. The average Bonchev–Trinajstić information content (AvgIpc) is 2.73. The van der Waals surface area contributed by atoms with Crippen LogP contribution in [-0.2, 0) is 11.2 Å². The third kappa shape index (κ3) is 5.23. The van der Waals surface area contributed by atoms with Crippen molar-refractivity contribution in [1.29, 1.82) is 0 Å². The van der Waals surface area contributed by atoms with E-state index in [-0.39, 0.29) is 11.9 Å². The number of aryl methyl sites for hydroxylation is 1. The van der Waals surface area contributed by atoms with Gasteiger partial charge in [-0.15, -0.1) is 0 Å². The fraction of sp³-hybridized carbons (Fsp3) is 0.333. The van der Waals surface area contributed by atoms with E-state index >= 15 is 0 Å². The number of hydrogen-bond acceptors (Lipinski definition) is 3. The number of hydrogen-bond donors (Lipinski definition) is 1. The van der Waals surface area contributed by atoms with Gasteiger partial charge < -0.3 is 19.9 Å². The maximum atomic E-state index is 12.5. The zero-order valence-corrected chi connectivity index (χ0v) is 15.6. The van der Waals surface area contributed by atoms with Gasteiger partial charge >= 0.3 is 6.03 Å². The first-order valence-corrected chi connectivity index (χ1v) is 9.17. The molecule has 1 aliphatic rings. The Morgan fingerprint density at radius 2 is 1.67 bits per heavy atom. The molecule has 6 heteroatoms. The highest BCUT2D eigenvalue weighted by molar-refractivity contribution is 5.89. The Balaban J connectivity index is 1.44. The third-order valence-electron chi connectivity index (χ3n) is 4.71. The van der Waals surface area contributed by atoms with Crippen molar-refractivity contribution >= 4 is 17.6 Å². The molecule has 2 aromatic rings. The number of carbonyl (C=O) groups excluding carboxylic acids is 2. The molecule has 0 aromatic heterocycles. The maximum absolute atomic E-state index is 12.5. The molecular formula is C21H25N3O3. The van der Waals surface area contributed by atoms with Gasteiger partial charge in [-0.2, -0.15) is 0 Å². The largest absolute Gasteiger partial charge is 0.497 e. The number of anilines is 1. The SMILES string of the molecule is COc1cccc(CCC(=O)N2CCN(C(=O)Nc3ccccc3)CC2)c1. The van der Waals surface area contributed by atoms with E-state index in [0.717, 1.165) is 17.0 Å². The van der Waals surface area contributed by atoms with Crippen LogP contribution in [0.2, 0.25) is 0 Å². The number of amides is 3. The van der Waals surface area contributed by atoms with Crippen molar-refractivity contribution < 1.29 is 14.3 Å². The van der Waals surface area contributed by atoms with Gasteiger partial charge in [0.25, 0.3) is 0 Å². The Labute approximate surface area is 159 Å². The topological polar surface area (TPSA) is 61.9 Å². The summed E-state index contributed by atoms with van der Waals surface area (Å²) in [5.74, 6) is 0.930. The van der Waals surface area contributed by atoms with Crippen molar-refractivity contribution in [2.24, 2.45) is 0 Å². The smallest absolute Gasteiger partial charge is 0.321 e. The molecule has 142 valence electrons. The molecule has 0 spiro atoms. The van der Waals surface area contributed by atoms with E-state index in [4.69, 9.17) is 4.74 Å². The number of benzene rings is 2. The minimum Gasteiger partial charge on any atom is -0.497 e. The summed E-state index contributed by atoms with van der Waals surface area (Å²) in [6, 6.07) is 17.1. The minimum atomic E-state index is -0.121. The number of ether oxygens (including phenoxy) is 1. The monoisotopic (exact) mass is 367 g/mol. The summed E-state index contributed by atoms with van der Waals surface area (Å²) in [4.78, 5) is 28.4. The van der Waals surface area contributed by atoms with Crippen LogP contribution in [0.5, 0.6) is 5.75 Å². The number of piperazine rings is 1. The molecular weight excluding hydrogens is 342 g/mol. The standard InChI is InChI=1S/C21H25N3O3/c1-27-19-9-5-6-17(16-19)10-11-20(25)23-12-14-24(15-13-23)21(26)22-18-7-3-2-4-8-18/h2-9,16H,10-15H2,1H3,(H,22,26). The van der Waals surface area contributed by atoms with E-state index in [1.54, 1.807) is 12.0 Å². The molecule has 0 atom stereocenters. The van der Waals surface area contributed by atoms with E-state index in [9.17, 15) is 9.59 Å². The van der Waals surface area contributed by atoms with E-state index in [1.807, 2.05) is 59.5 Å². The summed E-state index contributed by atoms with van der Waals surface area (Å²) in [6.45, 7) is 2.23. The third-order valence-corrected chi connectivity index (χ3v) is 4.71. The van der Waals surface area contributed by atoms with E-state index in [2.05, 4.69) is 5.32 Å². The molecule has 1 fully saturated rings. The van der Waals surface area contributed by atoms with Crippen LogP contribution >= 0.6 is 0 Å². The zero-order chi connectivity index (χ0) is 19.1. The molecule has 1 saturated heterocycles. The first kappa shape index (κ1) is 18.8. The van der Waals surface area contributed by atoms with Gasteiger partial charge in [-0.1, -0.05) is 30.3 Å². The zero-order valence-electron chi connectivity index (χ0n) is 15.6. The average molecular weight is 367 g/mol. The molecule has 0 radical (unpaired) electrons. The normalized spacial score (nSPS) is 14.0. The van der Waals surface area contributed by atoms with Gasteiger partial charge in [0.2, 0.25) is 5.91 Å². The fourth-order valence-electron chi connectivity index (χ4n) is 3.12. The lowest BCUT2D eigenvalue weighted by Crippen LogP contribution is -2.51. The predicted octanol–water partition coefficient (Wildman–Crippen LogP) is 3.00. The molecule has 0 aliphatic carbocycles. The van der Waals surface area contributed by atoms with Crippen LogP contribution in [-0.4, -0.2) is 55.0 Å². The Bertz CT molecular complexity index is 771. The minimum absolute atomic E-state index is 0.121. The second-order valence-electron chi connectivity index (χ2n) is 6.52. The molecule has 0 saturated carbocycles. The van der Waals surface area contributed by atoms with Gasteiger partial charge in [0.15, 0.2) is 0 Å². The highest BCUT2D eigenvalue weighted by Gasteiger charge is 2.23. The lowest BCUT2D eigenvalue weighted by Gasteiger charge is -2.34.